The SMILES string of the molecule is CCCC(CCO)CN=C(N)N1CCN(c2nccs2)CC1.I. The Balaban J connectivity index is 0.00000264. The van der Waals surface area contributed by atoms with E-state index in [0.717, 1.165) is 50.6 Å². The molecule has 1 aromatic rings. The fourth-order valence-electron chi connectivity index (χ4n) is 2.74. The van der Waals surface area contributed by atoms with Crippen LogP contribution in [0.5, 0.6) is 0 Å². The zero-order valence-electron chi connectivity index (χ0n) is 13.7. The Bertz CT molecular complexity index is 443. The van der Waals surface area contributed by atoms with Gasteiger partial charge in [0.25, 0.3) is 0 Å². The number of aliphatic hydroxyl groups is 1. The second kappa shape index (κ2) is 11.0. The van der Waals surface area contributed by atoms with E-state index in [0.29, 0.717) is 18.4 Å². The summed E-state index contributed by atoms with van der Waals surface area (Å²) in [6.07, 6.45) is 4.86. The molecule has 0 radical (unpaired) electrons. The minimum absolute atomic E-state index is 0. The smallest absolute Gasteiger partial charge is 0.191 e. The van der Waals surface area contributed by atoms with Gasteiger partial charge in [0.05, 0.1) is 0 Å². The van der Waals surface area contributed by atoms with Gasteiger partial charge in [-0.15, -0.1) is 35.3 Å². The third-order valence-corrected chi connectivity index (χ3v) is 4.87. The van der Waals surface area contributed by atoms with Crippen LogP contribution in [0, 0.1) is 5.92 Å². The van der Waals surface area contributed by atoms with Crippen molar-refractivity contribution in [2.45, 2.75) is 26.2 Å². The number of aliphatic hydroxyl groups excluding tert-OH is 1. The molecule has 1 aliphatic rings. The second-order valence-corrected chi connectivity index (χ2v) is 6.53. The van der Waals surface area contributed by atoms with E-state index >= 15 is 0 Å². The maximum absolute atomic E-state index is 9.10. The summed E-state index contributed by atoms with van der Waals surface area (Å²) in [5.74, 6) is 1.07. The van der Waals surface area contributed by atoms with E-state index in [9.17, 15) is 0 Å². The first-order valence-electron chi connectivity index (χ1n) is 8.04. The summed E-state index contributed by atoms with van der Waals surface area (Å²) in [6.45, 7) is 6.73. The molecule has 23 heavy (non-hydrogen) atoms. The molecule has 1 atom stereocenters. The zero-order chi connectivity index (χ0) is 15.8. The molecule has 0 saturated carbocycles. The fourth-order valence-corrected chi connectivity index (χ4v) is 3.44. The summed E-state index contributed by atoms with van der Waals surface area (Å²) in [7, 11) is 0. The number of rotatable bonds is 7. The highest BCUT2D eigenvalue weighted by Crippen LogP contribution is 2.19. The molecular weight excluding hydrogens is 425 g/mol. The van der Waals surface area contributed by atoms with Crippen molar-refractivity contribution in [1.82, 2.24) is 9.88 Å². The van der Waals surface area contributed by atoms with Gasteiger partial charge in [-0.1, -0.05) is 13.3 Å². The number of hydrogen-bond donors (Lipinski definition) is 2. The Kier molecular flexibility index (Phi) is 9.80. The maximum Gasteiger partial charge on any atom is 0.191 e. The van der Waals surface area contributed by atoms with E-state index in [1.807, 2.05) is 11.6 Å². The molecule has 0 aliphatic carbocycles. The Morgan fingerprint density at radius 2 is 2.13 bits per heavy atom. The number of hydrogen-bond acceptors (Lipinski definition) is 5. The van der Waals surface area contributed by atoms with Crippen molar-refractivity contribution in [2.75, 3.05) is 44.2 Å². The molecule has 0 amide bonds. The van der Waals surface area contributed by atoms with Gasteiger partial charge in [-0.05, 0) is 18.8 Å². The lowest BCUT2D eigenvalue weighted by Crippen LogP contribution is -2.51. The predicted molar refractivity (Wildman–Crippen MR) is 108 cm³/mol. The first kappa shape index (κ1) is 20.4. The molecule has 0 spiro atoms. The van der Waals surface area contributed by atoms with Crippen molar-refractivity contribution < 1.29 is 5.11 Å². The van der Waals surface area contributed by atoms with Gasteiger partial charge in [-0.25, -0.2) is 4.98 Å². The molecule has 2 heterocycles. The van der Waals surface area contributed by atoms with Crippen LogP contribution in [0.1, 0.15) is 26.2 Å². The molecule has 1 unspecified atom stereocenters. The topological polar surface area (TPSA) is 78.0 Å². The van der Waals surface area contributed by atoms with Crippen LogP contribution in [0.2, 0.25) is 0 Å². The summed E-state index contributed by atoms with van der Waals surface area (Å²) in [4.78, 5) is 13.3. The number of thiazole rings is 1. The van der Waals surface area contributed by atoms with Gasteiger partial charge in [0.1, 0.15) is 0 Å². The van der Waals surface area contributed by atoms with E-state index < -0.39 is 0 Å². The summed E-state index contributed by atoms with van der Waals surface area (Å²) in [5, 5.41) is 12.2. The Labute approximate surface area is 159 Å². The third kappa shape index (κ3) is 6.42. The average molecular weight is 453 g/mol. The molecule has 1 saturated heterocycles. The highest BCUT2D eigenvalue weighted by Gasteiger charge is 2.20. The first-order valence-corrected chi connectivity index (χ1v) is 8.92. The highest BCUT2D eigenvalue weighted by atomic mass is 127. The second-order valence-electron chi connectivity index (χ2n) is 5.65. The van der Waals surface area contributed by atoms with Gasteiger partial charge in [0, 0.05) is 50.9 Å². The minimum atomic E-state index is 0. The molecule has 0 aromatic carbocycles. The molecule has 1 fully saturated rings. The van der Waals surface area contributed by atoms with Gasteiger partial charge in [-0.2, -0.15) is 0 Å². The first-order chi connectivity index (χ1) is 10.7. The average Bonchev–Trinajstić information content (AvgIpc) is 3.07. The fraction of sp³-hybridized carbons (Fsp3) is 0.733. The Morgan fingerprint density at radius 1 is 1.39 bits per heavy atom. The summed E-state index contributed by atoms with van der Waals surface area (Å²) < 4.78 is 0. The zero-order valence-corrected chi connectivity index (χ0v) is 16.9. The molecular formula is C15H28IN5OS. The Hall–Kier alpha value is -0.610. The molecule has 2 rings (SSSR count). The number of nitrogens with zero attached hydrogens (tertiary/aromatic N) is 4. The number of piperazine rings is 1. The van der Waals surface area contributed by atoms with Gasteiger partial charge < -0.3 is 20.6 Å². The van der Waals surface area contributed by atoms with Crippen LogP contribution in [0.4, 0.5) is 5.13 Å². The molecule has 6 nitrogen and oxygen atoms in total. The van der Waals surface area contributed by atoms with Gasteiger partial charge >= 0.3 is 0 Å². The molecule has 1 aliphatic heterocycles. The standard InChI is InChI=1S/C15H27N5OS.HI/c1-2-3-13(4-10-21)12-18-14(16)19-6-8-20(9-7-19)15-17-5-11-22-15;/h5,11,13,21H,2-4,6-10,12H2,1H3,(H2,16,18);1H. The third-order valence-electron chi connectivity index (χ3n) is 4.04. The molecule has 3 N–H and O–H groups in total. The lowest BCUT2D eigenvalue weighted by atomic mass is 10.0. The lowest BCUT2D eigenvalue weighted by Gasteiger charge is -2.35. The van der Waals surface area contributed by atoms with Crippen molar-refractivity contribution in [3.63, 3.8) is 0 Å². The predicted octanol–water partition coefficient (Wildman–Crippen LogP) is 2.00. The largest absolute Gasteiger partial charge is 0.396 e. The van der Waals surface area contributed by atoms with Crippen LogP contribution < -0.4 is 10.6 Å². The van der Waals surface area contributed by atoms with Gasteiger partial charge in [-0.3, -0.25) is 4.99 Å². The van der Waals surface area contributed by atoms with Crippen LogP contribution in [0.15, 0.2) is 16.6 Å². The number of aromatic nitrogens is 1. The van der Waals surface area contributed by atoms with E-state index in [4.69, 9.17) is 10.8 Å². The van der Waals surface area contributed by atoms with Crippen LogP contribution in [-0.2, 0) is 0 Å². The van der Waals surface area contributed by atoms with Crippen molar-refractivity contribution in [3.05, 3.63) is 11.6 Å². The highest BCUT2D eigenvalue weighted by molar-refractivity contribution is 14.0. The van der Waals surface area contributed by atoms with E-state index in [1.165, 1.54) is 0 Å². The minimum Gasteiger partial charge on any atom is -0.396 e. The Morgan fingerprint density at radius 3 is 2.70 bits per heavy atom. The number of aliphatic imine (C=N–C) groups is 1. The summed E-state index contributed by atoms with van der Waals surface area (Å²) in [6, 6.07) is 0. The van der Waals surface area contributed by atoms with Gasteiger partial charge in [0.15, 0.2) is 11.1 Å². The maximum atomic E-state index is 9.10. The summed E-state index contributed by atoms with van der Waals surface area (Å²) >= 11 is 1.68. The summed E-state index contributed by atoms with van der Waals surface area (Å²) in [5.41, 5.74) is 6.14. The van der Waals surface area contributed by atoms with Crippen LogP contribution in [0.25, 0.3) is 0 Å². The number of nitrogens with two attached hydrogens (primary N) is 1. The number of guanidine groups is 1. The molecule has 132 valence electrons. The molecule has 1 aromatic heterocycles. The van der Waals surface area contributed by atoms with Crippen LogP contribution in [-0.4, -0.2) is 60.3 Å². The van der Waals surface area contributed by atoms with Crippen molar-refractivity contribution >= 4 is 46.4 Å². The number of anilines is 1. The quantitative estimate of drug-likeness (QED) is 0.375. The monoisotopic (exact) mass is 453 g/mol. The van der Waals surface area contributed by atoms with E-state index in [2.05, 4.69) is 26.7 Å². The number of halogens is 1. The molecule has 8 heteroatoms. The van der Waals surface area contributed by atoms with Crippen molar-refractivity contribution in [3.8, 4) is 0 Å². The van der Waals surface area contributed by atoms with E-state index in [1.54, 1.807) is 11.3 Å². The normalized spacial score (nSPS) is 17.0. The van der Waals surface area contributed by atoms with Crippen LogP contribution in [0.3, 0.4) is 0 Å². The van der Waals surface area contributed by atoms with Crippen molar-refractivity contribution in [2.24, 2.45) is 16.6 Å². The van der Waals surface area contributed by atoms with Crippen LogP contribution >= 0.6 is 35.3 Å². The van der Waals surface area contributed by atoms with Crippen molar-refractivity contribution in [1.29, 1.82) is 0 Å². The van der Waals surface area contributed by atoms with Gasteiger partial charge in [0.2, 0.25) is 0 Å². The lowest BCUT2D eigenvalue weighted by molar-refractivity contribution is 0.253. The van der Waals surface area contributed by atoms with E-state index in [-0.39, 0.29) is 30.6 Å². The molecule has 0 bridgehead atoms.